The summed E-state index contributed by atoms with van der Waals surface area (Å²) in [5.41, 5.74) is 0. The van der Waals surface area contributed by atoms with Crippen molar-refractivity contribution in [3.05, 3.63) is 36.5 Å². The summed E-state index contributed by atoms with van der Waals surface area (Å²) >= 11 is 0. The molecule has 0 atom stereocenters. The average Bonchev–Trinajstić information content (AvgIpc) is 3.25. The Morgan fingerprint density at radius 1 is 0.235 bits per heavy atom. The van der Waals surface area contributed by atoms with Crippen LogP contribution in [0.15, 0.2) is 36.5 Å². The monoisotopic (exact) mass is 1110 g/mol. The van der Waals surface area contributed by atoms with E-state index < -0.39 is 22.8 Å². The summed E-state index contributed by atoms with van der Waals surface area (Å²) in [6.07, 6.45) is 63.0. The van der Waals surface area contributed by atoms with Crippen molar-refractivity contribution in [2.75, 3.05) is 18.5 Å². The van der Waals surface area contributed by atoms with Crippen LogP contribution in [0.4, 0.5) is 0 Å². The van der Waals surface area contributed by atoms with E-state index in [0.29, 0.717) is 19.3 Å². The van der Waals surface area contributed by atoms with Crippen molar-refractivity contribution in [1.82, 2.24) is 0 Å². The number of hydrogen-bond donors (Lipinski definition) is 0. The zero-order chi connectivity index (χ0) is 49.6. The van der Waals surface area contributed by atoms with E-state index in [0.717, 1.165) is 77.0 Å². The van der Waals surface area contributed by atoms with Gasteiger partial charge in [0.1, 0.15) is 0 Å². The normalized spacial score (nSPS) is 12.0. The predicted octanol–water partition coefficient (Wildman–Crippen LogP) is 14.8. The second-order valence-corrected chi connectivity index (χ2v) is 23.8. The van der Waals surface area contributed by atoms with Gasteiger partial charge in [0.25, 0.3) is 0 Å². The van der Waals surface area contributed by atoms with Crippen molar-refractivity contribution in [3.8, 4) is 0 Å². The molecule has 408 valence electrons. The van der Waals surface area contributed by atoms with Crippen LogP contribution in [0.25, 0.3) is 0 Å². The first-order valence-corrected chi connectivity index (χ1v) is 32.8. The van der Waals surface area contributed by atoms with E-state index in [-0.39, 0.29) is 52.0 Å². The molecule has 0 N–H and O–H groups in total. The Morgan fingerprint density at radius 2 is 0.368 bits per heavy atom. The minimum Gasteiger partial charge on any atom is -0.811 e. The van der Waals surface area contributed by atoms with E-state index >= 15 is 0 Å². The third-order valence-corrected chi connectivity index (χ3v) is 14.4. The van der Waals surface area contributed by atoms with Gasteiger partial charge in [-0.15, -0.1) is 0 Å². The fourth-order valence-corrected chi connectivity index (χ4v) is 9.49. The van der Waals surface area contributed by atoms with E-state index in [1.807, 2.05) is 0 Å². The molecule has 0 amide bonds. The number of rotatable bonds is 48. The molecule has 0 aromatic carbocycles. The van der Waals surface area contributed by atoms with Gasteiger partial charge >= 0.3 is 33.6 Å². The first kappa shape index (κ1) is 77.6. The van der Waals surface area contributed by atoms with Gasteiger partial charge in [-0.1, -0.05) is 253 Å². The van der Waals surface area contributed by atoms with Crippen LogP contribution in [-0.2, 0) is 47.3 Å². The third-order valence-electron chi connectivity index (χ3n) is 11.8. The molecule has 0 aliphatic carbocycles. The molecule has 9 nitrogen and oxygen atoms in total. The number of hydrogen-bond acceptors (Lipinski definition) is 9. The second-order valence-electron chi connectivity index (χ2n) is 18.8. The molecule has 0 saturated heterocycles. The molecule has 0 aromatic rings. The van der Waals surface area contributed by atoms with E-state index in [2.05, 4.69) is 57.2 Å². The zero-order valence-electron chi connectivity index (χ0n) is 44.0. The minimum atomic E-state index is -4.26. The van der Waals surface area contributed by atoms with Crippen LogP contribution in [0, 0.1) is 0 Å². The van der Waals surface area contributed by atoms with Crippen molar-refractivity contribution >= 4 is 22.8 Å². The number of unbranched alkanes of at least 4 members (excludes halogenated alkanes) is 36. The van der Waals surface area contributed by atoms with Crippen LogP contribution in [0.1, 0.15) is 290 Å². The van der Waals surface area contributed by atoms with Crippen LogP contribution in [0.3, 0.4) is 0 Å². The summed E-state index contributed by atoms with van der Waals surface area (Å²) in [5.74, 6) is 0. The van der Waals surface area contributed by atoms with Crippen LogP contribution in [0.2, 0.25) is 0 Å². The summed E-state index contributed by atoms with van der Waals surface area (Å²) in [6.45, 7) is 6.75. The van der Waals surface area contributed by atoms with Gasteiger partial charge in [0.15, 0.2) is 0 Å². The van der Waals surface area contributed by atoms with Crippen LogP contribution >= 0.6 is 22.8 Å². The Labute approximate surface area is 442 Å². The second kappa shape index (κ2) is 62.0. The average molecular weight is 1110 g/mol. The standard InChI is InChI=1S/3C18H37O3P.2Co/c3*1-2-3-4-5-6-7-8-9-10-11-12-13-14-15-16-17-18-22(19,20)21;;/h3*9-10H,2-8,11-18H2,1H3,(H2,19,20,21);;/q;;;2*+3/p-6/b3*10-9-;;. The molecule has 0 aliphatic rings. The molecule has 0 rings (SSSR count). The Kier molecular flexibility index (Phi) is 70.7. The molecule has 0 saturated carbocycles. The quantitative estimate of drug-likeness (QED) is 0.0324. The summed E-state index contributed by atoms with van der Waals surface area (Å²) in [6, 6.07) is 0. The Balaban J connectivity index is -0.000000288. The molecular formula is C54H105Co2O9P3. The predicted molar refractivity (Wildman–Crippen MR) is 276 cm³/mol. The van der Waals surface area contributed by atoms with Crippen molar-refractivity contribution in [1.29, 1.82) is 0 Å². The first-order valence-electron chi connectivity index (χ1n) is 27.7. The fraction of sp³-hybridized carbons (Fsp3) is 0.889. The Morgan fingerprint density at radius 3 is 0.515 bits per heavy atom. The molecule has 0 fully saturated rings. The van der Waals surface area contributed by atoms with Gasteiger partial charge in [-0.2, -0.15) is 0 Å². The zero-order valence-corrected chi connectivity index (χ0v) is 48.7. The van der Waals surface area contributed by atoms with Gasteiger partial charge in [0.05, 0.1) is 0 Å². The third kappa shape index (κ3) is 86.5. The molecule has 0 unspecified atom stereocenters. The van der Waals surface area contributed by atoms with E-state index in [4.69, 9.17) is 0 Å². The van der Waals surface area contributed by atoms with Crippen molar-refractivity contribution in [3.63, 3.8) is 0 Å². The molecule has 0 aromatic heterocycles. The summed E-state index contributed by atoms with van der Waals surface area (Å²) < 4.78 is 31.3. The molecule has 14 heteroatoms. The van der Waals surface area contributed by atoms with Crippen molar-refractivity contribution in [2.45, 2.75) is 290 Å². The van der Waals surface area contributed by atoms with Crippen LogP contribution < -0.4 is 29.4 Å². The molecule has 0 spiro atoms. The topological polar surface area (TPSA) is 190 Å². The van der Waals surface area contributed by atoms with Crippen LogP contribution in [0.5, 0.6) is 0 Å². The maximum absolute atomic E-state index is 10.4. The number of allylic oxidation sites excluding steroid dienone is 6. The van der Waals surface area contributed by atoms with Crippen LogP contribution in [-0.4, -0.2) is 18.5 Å². The summed E-state index contributed by atoms with van der Waals surface area (Å²) in [4.78, 5) is 62.7. The van der Waals surface area contributed by atoms with Gasteiger partial charge in [0, 0.05) is 0 Å². The fourth-order valence-electron chi connectivity index (χ4n) is 7.66. The molecule has 0 bridgehead atoms. The maximum Gasteiger partial charge on any atom is 3.00 e. The van der Waals surface area contributed by atoms with Crippen molar-refractivity contribution < 1.29 is 76.6 Å². The van der Waals surface area contributed by atoms with Gasteiger partial charge < -0.3 is 43.1 Å². The molecule has 0 radical (unpaired) electrons. The first-order chi connectivity index (χ1) is 31.7. The molecule has 68 heavy (non-hydrogen) atoms. The molecule has 0 heterocycles. The smallest absolute Gasteiger partial charge is 0.811 e. The SMILES string of the molecule is CCCCCCCC/C=C\CCCCCCCCP(=O)([O-])[O-].CCCCCCCC/C=C\CCCCCCCCP(=O)([O-])[O-].CCCCCCCC/C=C\CCCCCCCCP(=O)([O-])[O-].[Co+3].[Co+3]. The van der Waals surface area contributed by atoms with Crippen molar-refractivity contribution in [2.24, 2.45) is 0 Å². The minimum absolute atomic E-state index is 0. The maximum atomic E-state index is 10.4. The summed E-state index contributed by atoms with van der Waals surface area (Å²) in [5, 5.41) is 0. The summed E-state index contributed by atoms with van der Waals surface area (Å²) in [7, 11) is -12.8. The van der Waals surface area contributed by atoms with Gasteiger partial charge in [-0.25, -0.2) is 0 Å². The largest absolute Gasteiger partial charge is 3.00 e. The molecular weight excluding hydrogens is 1000 g/mol. The Hall–Kier alpha value is 0.683. The Bertz CT molecular complexity index is 1050. The van der Waals surface area contributed by atoms with Gasteiger partial charge in [0.2, 0.25) is 0 Å². The van der Waals surface area contributed by atoms with Gasteiger partial charge in [-0.3, -0.25) is 0 Å². The van der Waals surface area contributed by atoms with E-state index in [1.165, 1.54) is 173 Å². The van der Waals surface area contributed by atoms with E-state index in [1.54, 1.807) is 0 Å². The molecule has 0 aliphatic heterocycles. The van der Waals surface area contributed by atoms with E-state index in [9.17, 15) is 43.1 Å². The van der Waals surface area contributed by atoms with Gasteiger partial charge in [-0.05, 0) is 115 Å².